The van der Waals surface area contributed by atoms with Crippen LogP contribution in [-0.4, -0.2) is 131 Å². The minimum Gasteiger partial charge on any atom is -0.388 e. The monoisotopic (exact) mass is 468 g/mol. The fraction of sp³-hybridized carbons (Fsp3) is 0.864. The number of nitrogens with one attached hydrogen (secondary N) is 1. The van der Waals surface area contributed by atoms with Crippen LogP contribution in [0, 0.1) is 0 Å². The molecule has 11 heteroatoms. The molecule has 4 rings (SSSR count). The standard InChI is InChI=1S/C22H36N4O7/c1-3-4-24-9-14-7-16(24)22(31)25-5-6-32-15(10-25)11-26(13(2)27)12-18-21(30)20(29)17(33-18)8-19(28)23-14/h14-18,20-21,29-30H,3-12H2,1-2H3,(H,23,28)/t14-,15-,16-,17-,18+,20-,21+/m0/s1. The van der Waals surface area contributed by atoms with Crippen LogP contribution >= 0.6 is 0 Å². The van der Waals surface area contributed by atoms with Gasteiger partial charge >= 0.3 is 0 Å². The van der Waals surface area contributed by atoms with Gasteiger partial charge in [-0.05, 0) is 19.4 Å². The van der Waals surface area contributed by atoms with Crippen LogP contribution in [0.15, 0.2) is 0 Å². The highest BCUT2D eigenvalue weighted by molar-refractivity contribution is 5.83. The van der Waals surface area contributed by atoms with Crippen molar-refractivity contribution in [3.05, 3.63) is 0 Å². The fourth-order valence-electron chi connectivity index (χ4n) is 5.45. The number of carbonyl (C=O) groups excluding carboxylic acids is 3. The van der Waals surface area contributed by atoms with Crippen LogP contribution in [0.2, 0.25) is 0 Å². The summed E-state index contributed by atoms with van der Waals surface area (Å²) >= 11 is 0. The Hall–Kier alpha value is -1.79. The largest absolute Gasteiger partial charge is 0.388 e. The molecule has 0 saturated carbocycles. The molecule has 33 heavy (non-hydrogen) atoms. The van der Waals surface area contributed by atoms with E-state index in [4.69, 9.17) is 9.47 Å². The molecule has 0 aromatic carbocycles. The first kappa shape index (κ1) is 24.3. The van der Waals surface area contributed by atoms with Crippen LogP contribution in [0.1, 0.15) is 33.1 Å². The number of amides is 3. The van der Waals surface area contributed by atoms with E-state index >= 15 is 0 Å². The molecule has 4 aliphatic heterocycles. The van der Waals surface area contributed by atoms with Crippen molar-refractivity contribution in [2.24, 2.45) is 0 Å². The number of hydrogen-bond acceptors (Lipinski definition) is 8. The summed E-state index contributed by atoms with van der Waals surface area (Å²) in [7, 11) is 0. The SMILES string of the molecule is CCCN1C[C@@H]2C[C@H]1C(=O)N1CCO[C@H](CN(C(C)=O)C[C@H]3O[C@@H](CC(=O)N2)[C@H](O)[C@@H]3O)C1. The summed E-state index contributed by atoms with van der Waals surface area (Å²) in [6.07, 6.45) is -3.14. The molecule has 3 N–H and O–H groups in total. The summed E-state index contributed by atoms with van der Waals surface area (Å²) in [5.41, 5.74) is 0. The lowest BCUT2D eigenvalue weighted by Gasteiger charge is -2.38. The average molecular weight is 469 g/mol. The molecule has 4 saturated heterocycles. The van der Waals surface area contributed by atoms with Crippen molar-refractivity contribution in [1.82, 2.24) is 20.0 Å². The van der Waals surface area contributed by atoms with Gasteiger partial charge in [0.05, 0.1) is 31.3 Å². The van der Waals surface area contributed by atoms with Crippen molar-refractivity contribution < 1.29 is 34.1 Å². The molecule has 0 unspecified atom stereocenters. The zero-order chi connectivity index (χ0) is 23.7. The number of ether oxygens (including phenoxy) is 2. The summed E-state index contributed by atoms with van der Waals surface area (Å²) in [6.45, 7) is 6.38. The Morgan fingerprint density at radius 2 is 1.88 bits per heavy atom. The molecule has 0 spiro atoms. The van der Waals surface area contributed by atoms with E-state index in [9.17, 15) is 24.6 Å². The van der Waals surface area contributed by atoms with Gasteiger partial charge in [-0.25, -0.2) is 0 Å². The van der Waals surface area contributed by atoms with Crippen LogP contribution in [0.4, 0.5) is 0 Å². The van der Waals surface area contributed by atoms with E-state index in [1.54, 1.807) is 4.90 Å². The molecular formula is C22H36N4O7. The van der Waals surface area contributed by atoms with Crippen molar-refractivity contribution in [2.75, 3.05) is 45.9 Å². The van der Waals surface area contributed by atoms with E-state index in [2.05, 4.69) is 17.1 Å². The second-order valence-corrected chi connectivity index (χ2v) is 9.61. The van der Waals surface area contributed by atoms with E-state index < -0.39 is 24.4 Å². The van der Waals surface area contributed by atoms with Gasteiger partial charge in [0.25, 0.3) is 0 Å². The highest BCUT2D eigenvalue weighted by atomic mass is 16.5. The minimum absolute atomic E-state index is 0.0317. The molecule has 4 aliphatic rings. The molecule has 6 bridgehead atoms. The number of rotatable bonds is 2. The van der Waals surface area contributed by atoms with Gasteiger partial charge in [0.2, 0.25) is 17.7 Å². The number of fused-ring (bicyclic) bond motifs is 6. The molecule has 0 radical (unpaired) electrons. The van der Waals surface area contributed by atoms with E-state index in [-0.39, 0.29) is 55.4 Å². The number of likely N-dealkylation sites (tertiary alicyclic amines) is 1. The molecule has 3 amide bonds. The van der Waals surface area contributed by atoms with Gasteiger partial charge in [0.1, 0.15) is 18.3 Å². The molecule has 7 atom stereocenters. The first-order valence-electron chi connectivity index (χ1n) is 12.0. The quantitative estimate of drug-likeness (QED) is 0.421. The van der Waals surface area contributed by atoms with Crippen LogP contribution in [0.25, 0.3) is 0 Å². The number of carbonyl (C=O) groups is 3. The van der Waals surface area contributed by atoms with Crippen LogP contribution in [0.5, 0.6) is 0 Å². The van der Waals surface area contributed by atoms with Crippen molar-refractivity contribution in [1.29, 1.82) is 0 Å². The minimum atomic E-state index is -1.22. The number of morpholine rings is 1. The Balaban J connectivity index is 1.58. The topological polar surface area (TPSA) is 132 Å². The normalized spacial score (nSPS) is 38.5. The van der Waals surface area contributed by atoms with Gasteiger partial charge in [0, 0.05) is 45.7 Å². The maximum absolute atomic E-state index is 13.4. The van der Waals surface area contributed by atoms with E-state index in [0.717, 1.165) is 13.0 Å². The summed E-state index contributed by atoms with van der Waals surface area (Å²) in [5, 5.41) is 24.0. The zero-order valence-electron chi connectivity index (χ0n) is 19.4. The summed E-state index contributed by atoms with van der Waals surface area (Å²) in [5.74, 6) is -0.477. The summed E-state index contributed by atoms with van der Waals surface area (Å²) < 4.78 is 11.7. The van der Waals surface area contributed by atoms with E-state index in [1.807, 2.05) is 0 Å². The van der Waals surface area contributed by atoms with Gasteiger partial charge in [-0.1, -0.05) is 6.92 Å². The lowest BCUT2D eigenvalue weighted by atomic mass is 10.0. The maximum Gasteiger partial charge on any atom is 0.240 e. The van der Waals surface area contributed by atoms with E-state index in [1.165, 1.54) is 11.8 Å². The number of aliphatic hydroxyl groups excluding tert-OH is 2. The van der Waals surface area contributed by atoms with Gasteiger partial charge in [-0.3, -0.25) is 19.3 Å². The van der Waals surface area contributed by atoms with Crippen LogP contribution in [-0.2, 0) is 23.9 Å². The van der Waals surface area contributed by atoms with Gasteiger partial charge in [0.15, 0.2) is 0 Å². The zero-order valence-corrected chi connectivity index (χ0v) is 19.4. The molecular weight excluding hydrogens is 432 g/mol. The Bertz CT molecular complexity index is 752. The molecule has 11 nitrogen and oxygen atoms in total. The first-order chi connectivity index (χ1) is 15.8. The number of nitrogens with zero attached hydrogens (tertiary/aromatic N) is 3. The number of aliphatic hydroxyl groups is 2. The lowest BCUT2D eigenvalue weighted by molar-refractivity contribution is -0.146. The third kappa shape index (κ3) is 5.32. The first-order valence-corrected chi connectivity index (χ1v) is 12.0. The third-order valence-electron chi connectivity index (χ3n) is 7.13. The molecule has 4 fully saturated rings. The van der Waals surface area contributed by atoms with Crippen molar-refractivity contribution >= 4 is 17.7 Å². The number of hydrogen-bond donors (Lipinski definition) is 3. The predicted molar refractivity (Wildman–Crippen MR) is 116 cm³/mol. The smallest absolute Gasteiger partial charge is 0.240 e. The second-order valence-electron chi connectivity index (χ2n) is 9.61. The van der Waals surface area contributed by atoms with Gasteiger partial charge in [-0.15, -0.1) is 0 Å². The van der Waals surface area contributed by atoms with Gasteiger partial charge in [-0.2, -0.15) is 0 Å². The predicted octanol–water partition coefficient (Wildman–Crippen LogP) is -2.08. The Morgan fingerprint density at radius 3 is 2.61 bits per heavy atom. The molecule has 0 aliphatic carbocycles. The van der Waals surface area contributed by atoms with Crippen molar-refractivity contribution in [3.63, 3.8) is 0 Å². The van der Waals surface area contributed by atoms with Gasteiger partial charge < -0.3 is 34.8 Å². The second kappa shape index (κ2) is 10.2. The van der Waals surface area contributed by atoms with Crippen LogP contribution in [0.3, 0.4) is 0 Å². The maximum atomic E-state index is 13.4. The highest BCUT2D eigenvalue weighted by Crippen LogP contribution is 2.27. The Kier molecular flexibility index (Phi) is 7.54. The lowest BCUT2D eigenvalue weighted by Crippen LogP contribution is -2.55. The molecule has 186 valence electrons. The van der Waals surface area contributed by atoms with Crippen molar-refractivity contribution in [3.8, 4) is 0 Å². The Labute approximate surface area is 194 Å². The Morgan fingerprint density at radius 1 is 1.12 bits per heavy atom. The third-order valence-corrected chi connectivity index (χ3v) is 7.13. The fourth-order valence-corrected chi connectivity index (χ4v) is 5.45. The summed E-state index contributed by atoms with van der Waals surface area (Å²) in [4.78, 5) is 43.9. The van der Waals surface area contributed by atoms with E-state index in [0.29, 0.717) is 32.7 Å². The highest BCUT2D eigenvalue weighted by Gasteiger charge is 2.46. The summed E-state index contributed by atoms with van der Waals surface area (Å²) in [6, 6.07) is -0.486. The van der Waals surface area contributed by atoms with Crippen LogP contribution < -0.4 is 5.32 Å². The molecule has 4 heterocycles. The molecule has 0 aromatic rings. The average Bonchev–Trinajstić information content (AvgIpc) is 3.28. The van der Waals surface area contributed by atoms with Crippen molar-refractivity contribution in [2.45, 2.75) is 75.7 Å². The molecule has 0 aromatic heterocycles.